The molecule has 0 aromatic carbocycles. The van der Waals surface area contributed by atoms with Crippen LogP contribution >= 0.6 is 11.5 Å². The van der Waals surface area contributed by atoms with Gasteiger partial charge in [-0.3, -0.25) is 5.32 Å². The lowest BCUT2D eigenvalue weighted by Crippen LogP contribution is -2.12. The van der Waals surface area contributed by atoms with E-state index in [4.69, 9.17) is 5.73 Å². The summed E-state index contributed by atoms with van der Waals surface area (Å²) in [4.78, 5) is 14.5. The molecule has 0 atom stereocenters. The van der Waals surface area contributed by atoms with Crippen LogP contribution in [0.5, 0.6) is 0 Å². The van der Waals surface area contributed by atoms with Crippen LogP contribution in [0, 0.1) is 0 Å². The zero-order valence-corrected chi connectivity index (χ0v) is 7.22. The van der Waals surface area contributed by atoms with E-state index in [1.54, 1.807) is 6.92 Å². The molecule has 0 saturated heterocycles. The topological polar surface area (TPSA) is 90.1 Å². The van der Waals surface area contributed by atoms with Crippen LogP contribution in [0.4, 0.5) is 15.9 Å². The summed E-state index contributed by atoms with van der Waals surface area (Å²) in [6, 6.07) is 0. The third-order valence-corrected chi connectivity index (χ3v) is 1.57. The number of ether oxygens (including phenoxy) is 1. The summed E-state index contributed by atoms with van der Waals surface area (Å²) >= 11 is 1.01. The second-order valence-corrected chi connectivity index (χ2v) is 2.56. The van der Waals surface area contributed by atoms with E-state index in [1.165, 1.54) is 0 Å². The largest absolute Gasteiger partial charge is 0.450 e. The number of hydrogen-bond donors (Lipinski definition) is 2. The van der Waals surface area contributed by atoms with Crippen LogP contribution in [0.15, 0.2) is 0 Å². The first-order chi connectivity index (χ1) is 5.72. The van der Waals surface area contributed by atoms with Gasteiger partial charge in [-0.1, -0.05) is 0 Å². The Balaban J connectivity index is 2.46. The number of hydrogen-bond acceptors (Lipinski definition) is 6. The lowest BCUT2D eigenvalue weighted by molar-refractivity contribution is 0.168. The second kappa shape index (κ2) is 3.86. The molecular formula is C5H8N4O2S. The summed E-state index contributed by atoms with van der Waals surface area (Å²) in [6.07, 6.45) is -0.548. The molecule has 0 spiro atoms. The zero-order valence-electron chi connectivity index (χ0n) is 6.40. The van der Waals surface area contributed by atoms with Crippen molar-refractivity contribution in [2.24, 2.45) is 0 Å². The maximum Gasteiger partial charge on any atom is 0.413 e. The summed E-state index contributed by atoms with van der Waals surface area (Å²) in [7, 11) is 0. The molecule has 0 aliphatic rings. The summed E-state index contributed by atoms with van der Waals surface area (Å²) < 4.78 is 8.27. The first kappa shape index (κ1) is 8.72. The van der Waals surface area contributed by atoms with Gasteiger partial charge in [0.25, 0.3) is 0 Å². The fourth-order valence-electron chi connectivity index (χ4n) is 0.540. The van der Waals surface area contributed by atoms with Gasteiger partial charge in [0, 0.05) is 11.5 Å². The number of nitrogens with one attached hydrogen (secondary N) is 1. The van der Waals surface area contributed by atoms with Crippen molar-refractivity contribution >= 4 is 28.7 Å². The molecule has 66 valence electrons. The molecule has 0 radical (unpaired) electrons. The Morgan fingerprint density at radius 1 is 1.83 bits per heavy atom. The van der Waals surface area contributed by atoms with Crippen molar-refractivity contribution in [2.75, 3.05) is 17.7 Å². The van der Waals surface area contributed by atoms with E-state index in [1.807, 2.05) is 0 Å². The van der Waals surface area contributed by atoms with Gasteiger partial charge in [0.05, 0.1) is 6.61 Å². The van der Waals surface area contributed by atoms with Crippen molar-refractivity contribution in [3.05, 3.63) is 0 Å². The maximum atomic E-state index is 10.8. The molecule has 1 aromatic rings. The lowest BCUT2D eigenvalue weighted by atomic mass is 10.8. The quantitative estimate of drug-likeness (QED) is 0.712. The number of nitrogen functional groups attached to an aromatic ring is 1. The monoisotopic (exact) mass is 188 g/mol. The van der Waals surface area contributed by atoms with Crippen LogP contribution in [-0.2, 0) is 4.74 Å². The molecule has 0 fully saturated rings. The Bertz CT molecular complexity index is 274. The van der Waals surface area contributed by atoms with E-state index < -0.39 is 6.09 Å². The molecule has 0 aliphatic carbocycles. The molecule has 1 heterocycles. The highest BCUT2D eigenvalue weighted by Crippen LogP contribution is 2.11. The highest BCUT2D eigenvalue weighted by atomic mass is 32.1. The van der Waals surface area contributed by atoms with E-state index in [0.717, 1.165) is 11.5 Å². The first-order valence-electron chi connectivity index (χ1n) is 3.25. The lowest BCUT2D eigenvalue weighted by Gasteiger charge is -1.99. The smallest absolute Gasteiger partial charge is 0.413 e. The normalized spacial score (nSPS) is 9.42. The minimum absolute atomic E-state index is 0.145. The summed E-state index contributed by atoms with van der Waals surface area (Å²) in [5, 5.41) is 2.71. The van der Waals surface area contributed by atoms with Crippen molar-refractivity contribution in [1.29, 1.82) is 0 Å². The van der Waals surface area contributed by atoms with Crippen molar-refractivity contribution in [2.45, 2.75) is 6.92 Å². The fraction of sp³-hybridized carbons (Fsp3) is 0.400. The van der Waals surface area contributed by atoms with Gasteiger partial charge in [0.1, 0.15) is 0 Å². The van der Waals surface area contributed by atoms with E-state index in [2.05, 4.69) is 19.4 Å². The van der Waals surface area contributed by atoms with E-state index in [9.17, 15) is 4.79 Å². The van der Waals surface area contributed by atoms with Gasteiger partial charge < -0.3 is 10.5 Å². The van der Waals surface area contributed by atoms with Gasteiger partial charge in [-0.05, 0) is 6.92 Å². The van der Waals surface area contributed by atoms with Crippen LogP contribution < -0.4 is 11.1 Å². The summed E-state index contributed by atoms with van der Waals surface area (Å²) in [6.45, 7) is 2.04. The van der Waals surface area contributed by atoms with Gasteiger partial charge in [-0.15, -0.1) is 0 Å². The predicted octanol–water partition coefficient (Wildman–Crippen LogP) is 0.689. The minimum atomic E-state index is -0.548. The Morgan fingerprint density at radius 3 is 3.08 bits per heavy atom. The highest BCUT2D eigenvalue weighted by molar-refractivity contribution is 7.10. The SMILES string of the molecule is CCOC(=O)Nc1nc(N)ns1. The number of anilines is 2. The highest BCUT2D eigenvalue weighted by Gasteiger charge is 2.05. The molecule has 0 aliphatic heterocycles. The molecule has 0 unspecified atom stereocenters. The Morgan fingerprint density at radius 2 is 2.58 bits per heavy atom. The average Bonchev–Trinajstić information content (AvgIpc) is 2.36. The molecule has 12 heavy (non-hydrogen) atoms. The van der Waals surface area contributed by atoms with E-state index >= 15 is 0 Å². The Labute approximate surface area is 72.9 Å². The van der Waals surface area contributed by atoms with Crippen molar-refractivity contribution in [1.82, 2.24) is 9.36 Å². The molecule has 1 amide bonds. The predicted molar refractivity (Wildman–Crippen MR) is 45.0 cm³/mol. The van der Waals surface area contributed by atoms with Crippen LogP contribution in [0.25, 0.3) is 0 Å². The molecule has 3 N–H and O–H groups in total. The number of aromatic nitrogens is 2. The molecular weight excluding hydrogens is 180 g/mol. The number of rotatable bonds is 2. The standard InChI is InChI=1S/C5H8N4O2S/c1-2-11-5(10)8-4-7-3(6)9-12-4/h2H2,1H3,(H3,6,7,8,9,10). The maximum absolute atomic E-state index is 10.8. The Kier molecular flexibility index (Phi) is 2.81. The summed E-state index contributed by atoms with van der Waals surface area (Å²) in [5.74, 6) is 0.145. The van der Waals surface area contributed by atoms with Gasteiger partial charge >= 0.3 is 6.09 Å². The van der Waals surface area contributed by atoms with Gasteiger partial charge in [-0.25, -0.2) is 4.79 Å². The number of carbonyl (C=O) groups is 1. The molecule has 1 aromatic heterocycles. The average molecular weight is 188 g/mol. The number of amides is 1. The van der Waals surface area contributed by atoms with Crippen LogP contribution in [0.3, 0.4) is 0 Å². The van der Waals surface area contributed by atoms with Gasteiger partial charge in [0.2, 0.25) is 11.1 Å². The van der Waals surface area contributed by atoms with Crippen molar-refractivity contribution < 1.29 is 9.53 Å². The first-order valence-corrected chi connectivity index (χ1v) is 4.02. The van der Waals surface area contributed by atoms with Crippen molar-refractivity contribution in [3.8, 4) is 0 Å². The fourth-order valence-corrected chi connectivity index (χ4v) is 1.02. The molecule has 0 bridgehead atoms. The van der Waals surface area contributed by atoms with Crippen LogP contribution in [0.2, 0.25) is 0 Å². The summed E-state index contributed by atoms with van der Waals surface area (Å²) in [5.41, 5.74) is 5.22. The van der Waals surface area contributed by atoms with Crippen molar-refractivity contribution in [3.63, 3.8) is 0 Å². The minimum Gasteiger partial charge on any atom is -0.450 e. The third-order valence-electron chi connectivity index (χ3n) is 0.926. The molecule has 0 saturated carbocycles. The Hall–Kier alpha value is -1.37. The van der Waals surface area contributed by atoms with Gasteiger partial charge in [0.15, 0.2) is 0 Å². The molecule has 7 heteroatoms. The van der Waals surface area contributed by atoms with Gasteiger partial charge in [-0.2, -0.15) is 9.36 Å². The van der Waals surface area contributed by atoms with E-state index in [-0.39, 0.29) is 5.95 Å². The molecule has 1 rings (SSSR count). The number of carbonyl (C=O) groups excluding carboxylic acids is 1. The number of nitrogens with two attached hydrogens (primary N) is 1. The third kappa shape index (κ3) is 2.35. The van der Waals surface area contributed by atoms with Crippen LogP contribution in [0.1, 0.15) is 6.92 Å². The second-order valence-electron chi connectivity index (χ2n) is 1.80. The van der Waals surface area contributed by atoms with Crippen LogP contribution in [-0.4, -0.2) is 22.1 Å². The van der Waals surface area contributed by atoms with E-state index in [0.29, 0.717) is 11.7 Å². The molecule has 6 nitrogen and oxygen atoms in total. The zero-order chi connectivity index (χ0) is 8.97. The number of nitrogens with zero attached hydrogens (tertiary/aromatic N) is 2.